The molecule has 8 heteroatoms. The van der Waals surface area contributed by atoms with Crippen LogP contribution in [0.5, 0.6) is 0 Å². The van der Waals surface area contributed by atoms with E-state index in [9.17, 15) is 9.59 Å². The molecule has 2 atom stereocenters. The highest BCUT2D eigenvalue weighted by molar-refractivity contribution is 5.68. The SMILES string of the molecule is COC(=O)N1CCC(c2cc(=O)[nH]o2)CC1CN1CCOCC1. The van der Waals surface area contributed by atoms with Gasteiger partial charge in [-0.1, -0.05) is 0 Å². The highest BCUT2D eigenvalue weighted by Crippen LogP contribution is 2.31. The minimum atomic E-state index is -0.294. The third-order valence-corrected chi connectivity index (χ3v) is 4.64. The topological polar surface area (TPSA) is 88.0 Å². The van der Waals surface area contributed by atoms with Gasteiger partial charge in [0.1, 0.15) is 5.76 Å². The van der Waals surface area contributed by atoms with Gasteiger partial charge in [-0.15, -0.1) is 0 Å². The third kappa shape index (κ3) is 3.76. The number of methoxy groups -OCH3 is 1. The first-order valence-electron chi connectivity index (χ1n) is 8.00. The summed E-state index contributed by atoms with van der Waals surface area (Å²) in [6, 6.07) is 1.55. The summed E-state index contributed by atoms with van der Waals surface area (Å²) in [7, 11) is 1.41. The first-order chi connectivity index (χ1) is 11.2. The Morgan fingerprint density at radius 1 is 1.39 bits per heavy atom. The molecular formula is C15H23N3O5. The van der Waals surface area contributed by atoms with E-state index in [0.29, 0.717) is 12.3 Å². The van der Waals surface area contributed by atoms with Gasteiger partial charge in [-0.2, -0.15) is 5.16 Å². The molecule has 0 radical (unpaired) electrons. The van der Waals surface area contributed by atoms with Gasteiger partial charge in [0.25, 0.3) is 5.56 Å². The fourth-order valence-electron chi connectivity index (χ4n) is 3.42. The number of hydrogen-bond acceptors (Lipinski definition) is 6. The zero-order chi connectivity index (χ0) is 16.2. The highest BCUT2D eigenvalue weighted by Gasteiger charge is 2.35. The second-order valence-electron chi connectivity index (χ2n) is 6.07. The molecule has 2 aliphatic heterocycles. The summed E-state index contributed by atoms with van der Waals surface area (Å²) < 4.78 is 15.6. The molecule has 3 rings (SSSR count). The lowest BCUT2D eigenvalue weighted by atomic mass is 9.88. The predicted octanol–water partition coefficient (Wildman–Crippen LogP) is 0.615. The van der Waals surface area contributed by atoms with Crippen molar-refractivity contribution in [2.45, 2.75) is 24.8 Å². The van der Waals surface area contributed by atoms with Gasteiger partial charge < -0.3 is 18.9 Å². The molecule has 0 aliphatic carbocycles. The maximum atomic E-state index is 12.0. The standard InChI is InChI=1S/C15H23N3O5/c1-21-15(20)18-3-2-11(13-9-14(19)16-23-13)8-12(18)10-17-4-6-22-7-5-17/h9,11-12H,2-8,10H2,1H3,(H,16,19). The van der Waals surface area contributed by atoms with Gasteiger partial charge in [-0.05, 0) is 12.8 Å². The largest absolute Gasteiger partial charge is 0.453 e. The number of carbonyl (C=O) groups excluding carboxylic acids is 1. The van der Waals surface area contributed by atoms with Gasteiger partial charge >= 0.3 is 6.09 Å². The highest BCUT2D eigenvalue weighted by atomic mass is 16.5. The van der Waals surface area contributed by atoms with E-state index in [1.165, 1.54) is 13.2 Å². The molecule has 2 saturated heterocycles. The van der Waals surface area contributed by atoms with Crippen LogP contribution in [-0.4, -0.2) is 73.6 Å². The van der Waals surface area contributed by atoms with Crippen molar-refractivity contribution in [1.29, 1.82) is 0 Å². The van der Waals surface area contributed by atoms with Crippen LogP contribution in [0.25, 0.3) is 0 Å². The molecule has 2 fully saturated rings. The van der Waals surface area contributed by atoms with Crippen LogP contribution in [0.15, 0.2) is 15.4 Å². The van der Waals surface area contributed by atoms with E-state index >= 15 is 0 Å². The van der Waals surface area contributed by atoms with E-state index in [0.717, 1.165) is 45.7 Å². The van der Waals surface area contributed by atoms with Crippen LogP contribution in [0.2, 0.25) is 0 Å². The van der Waals surface area contributed by atoms with Crippen LogP contribution in [0, 0.1) is 0 Å². The van der Waals surface area contributed by atoms with Crippen LogP contribution in [0.1, 0.15) is 24.5 Å². The van der Waals surface area contributed by atoms with Gasteiger partial charge in [0.2, 0.25) is 0 Å². The molecule has 0 saturated carbocycles. The predicted molar refractivity (Wildman–Crippen MR) is 81.5 cm³/mol. The van der Waals surface area contributed by atoms with Gasteiger partial charge in [0, 0.05) is 44.2 Å². The van der Waals surface area contributed by atoms with Crippen LogP contribution >= 0.6 is 0 Å². The Balaban J connectivity index is 1.71. The minimum Gasteiger partial charge on any atom is -0.453 e. The number of hydrogen-bond donors (Lipinski definition) is 1. The quantitative estimate of drug-likeness (QED) is 0.876. The molecule has 2 unspecified atom stereocenters. The van der Waals surface area contributed by atoms with Crippen molar-refractivity contribution < 1.29 is 18.8 Å². The molecule has 2 aliphatic rings. The van der Waals surface area contributed by atoms with Crippen molar-refractivity contribution in [2.75, 3.05) is 46.5 Å². The first kappa shape index (κ1) is 16.1. The number of aromatic nitrogens is 1. The van der Waals surface area contributed by atoms with Gasteiger partial charge in [-0.3, -0.25) is 9.69 Å². The number of morpholine rings is 1. The summed E-state index contributed by atoms with van der Waals surface area (Å²) >= 11 is 0. The lowest BCUT2D eigenvalue weighted by molar-refractivity contribution is 0.0139. The Bertz CT molecular complexity index is 578. The smallest absolute Gasteiger partial charge is 0.409 e. The van der Waals surface area contributed by atoms with Gasteiger partial charge in [0.15, 0.2) is 0 Å². The van der Waals surface area contributed by atoms with Crippen molar-refractivity contribution in [2.24, 2.45) is 0 Å². The summed E-state index contributed by atoms with van der Waals surface area (Å²) in [5.41, 5.74) is -0.222. The minimum absolute atomic E-state index is 0.0412. The number of nitrogens with one attached hydrogen (secondary N) is 1. The number of likely N-dealkylation sites (tertiary alicyclic amines) is 1. The number of aromatic amines is 1. The molecule has 0 spiro atoms. The number of piperidine rings is 1. The first-order valence-corrected chi connectivity index (χ1v) is 8.00. The average molecular weight is 325 g/mol. The maximum Gasteiger partial charge on any atom is 0.409 e. The Morgan fingerprint density at radius 3 is 2.83 bits per heavy atom. The van der Waals surface area contributed by atoms with E-state index < -0.39 is 0 Å². The zero-order valence-corrected chi connectivity index (χ0v) is 13.3. The normalized spacial score (nSPS) is 26.2. The summed E-state index contributed by atoms with van der Waals surface area (Å²) in [5.74, 6) is 0.812. The van der Waals surface area contributed by atoms with E-state index in [-0.39, 0.29) is 23.6 Å². The number of nitrogens with zero attached hydrogens (tertiary/aromatic N) is 2. The Morgan fingerprint density at radius 2 is 2.17 bits per heavy atom. The third-order valence-electron chi connectivity index (χ3n) is 4.64. The number of amides is 1. The van der Waals surface area contributed by atoms with E-state index in [1.807, 2.05) is 0 Å². The molecule has 1 amide bonds. The molecule has 128 valence electrons. The molecule has 1 N–H and O–H groups in total. The number of ether oxygens (including phenoxy) is 2. The Kier molecular flexibility index (Phi) is 5.02. The Labute approximate surface area is 134 Å². The van der Waals surface area contributed by atoms with Crippen molar-refractivity contribution in [3.05, 3.63) is 22.2 Å². The van der Waals surface area contributed by atoms with E-state index in [4.69, 9.17) is 14.0 Å². The second kappa shape index (κ2) is 7.18. The van der Waals surface area contributed by atoms with E-state index in [1.54, 1.807) is 4.90 Å². The molecule has 23 heavy (non-hydrogen) atoms. The zero-order valence-electron chi connectivity index (χ0n) is 13.3. The molecule has 3 heterocycles. The van der Waals surface area contributed by atoms with Gasteiger partial charge in [0.05, 0.1) is 20.3 Å². The lowest BCUT2D eigenvalue weighted by Crippen LogP contribution is -2.52. The molecule has 0 bridgehead atoms. The van der Waals surface area contributed by atoms with Crippen molar-refractivity contribution >= 4 is 6.09 Å². The van der Waals surface area contributed by atoms with E-state index in [2.05, 4.69) is 10.1 Å². The van der Waals surface area contributed by atoms with Crippen molar-refractivity contribution in [1.82, 2.24) is 15.0 Å². The number of H-pyrrole nitrogens is 1. The van der Waals surface area contributed by atoms with Crippen molar-refractivity contribution in [3.8, 4) is 0 Å². The summed E-state index contributed by atoms with van der Waals surface area (Å²) in [4.78, 5) is 27.4. The monoisotopic (exact) mass is 325 g/mol. The van der Waals surface area contributed by atoms with Crippen molar-refractivity contribution in [3.63, 3.8) is 0 Å². The summed E-state index contributed by atoms with van der Waals surface area (Å²) in [6.07, 6.45) is 1.22. The Hall–Kier alpha value is -1.80. The summed E-state index contributed by atoms with van der Waals surface area (Å²) in [6.45, 7) is 4.57. The summed E-state index contributed by atoms with van der Waals surface area (Å²) in [5, 5.41) is 2.34. The molecule has 0 aromatic carbocycles. The van der Waals surface area contributed by atoms with Crippen LogP contribution in [-0.2, 0) is 9.47 Å². The fraction of sp³-hybridized carbons (Fsp3) is 0.733. The number of carbonyl (C=O) groups is 1. The molecular weight excluding hydrogens is 302 g/mol. The fourth-order valence-corrected chi connectivity index (χ4v) is 3.42. The molecule has 1 aromatic heterocycles. The molecule has 1 aromatic rings. The van der Waals surface area contributed by atoms with Crippen LogP contribution < -0.4 is 5.56 Å². The average Bonchev–Trinajstić information content (AvgIpc) is 3.01. The lowest BCUT2D eigenvalue weighted by Gasteiger charge is -2.41. The van der Waals surface area contributed by atoms with Crippen LogP contribution in [0.4, 0.5) is 4.79 Å². The maximum absolute atomic E-state index is 12.0. The molecule has 8 nitrogen and oxygen atoms in total. The number of rotatable bonds is 3. The van der Waals surface area contributed by atoms with Gasteiger partial charge in [-0.25, -0.2) is 4.79 Å². The van der Waals surface area contributed by atoms with Crippen LogP contribution in [0.3, 0.4) is 0 Å². The second-order valence-corrected chi connectivity index (χ2v) is 6.07.